The van der Waals surface area contributed by atoms with E-state index in [-0.39, 0.29) is 42.7 Å². The topological polar surface area (TPSA) is 99.1 Å². The highest BCUT2D eigenvalue weighted by Gasteiger charge is 2.31. The molecule has 0 aromatic heterocycles. The maximum atomic E-state index is 12.6. The van der Waals surface area contributed by atoms with E-state index in [1.54, 1.807) is 0 Å². The second kappa shape index (κ2) is 30.6. The Morgan fingerprint density at radius 3 is 1.83 bits per heavy atom. The van der Waals surface area contributed by atoms with Gasteiger partial charge in [0.1, 0.15) is 6.61 Å². The average Bonchev–Trinajstić information content (AvgIpc) is 3.01. The molecule has 8 heteroatoms. The van der Waals surface area contributed by atoms with Crippen molar-refractivity contribution in [3.05, 3.63) is 48.6 Å². The molecule has 270 valence electrons. The molecule has 0 bridgehead atoms. The Kier molecular flexibility index (Phi) is 28.8. The van der Waals surface area contributed by atoms with E-state index in [9.17, 15) is 19.5 Å². The number of carbonyl (C=O) groups is 3. The summed E-state index contributed by atoms with van der Waals surface area (Å²) in [7, 11) is 5.49. The van der Waals surface area contributed by atoms with Gasteiger partial charge in [0, 0.05) is 19.3 Å². The number of hydrogen-bond acceptors (Lipinski definition) is 6. The van der Waals surface area contributed by atoms with E-state index in [2.05, 4.69) is 62.5 Å². The lowest BCUT2D eigenvalue weighted by atomic mass is 10.1. The third kappa shape index (κ3) is 29.2. The van der Waals surface area contributed by atoms with Crippen LogP contribution in [0.2, 0.25) is 0 Å². The first-order valence-electron chi connectivity index (χ1n) is 18.2. The Labute approximate surface area is 286 Å². The number of hydrogen-bond donors (Lipinski definition) is 1. The van der Waals surface area contributed by atoms with Gasteiger partial charge in [0.05, 0.1) is 34.4 Å². The zero-order valence-electron chi connectivity index (χ0n) is 30.5. The molecule has 0 heterocycles. The van der Waals surface area contributed by atoms with Crippen LogP contribution in [0.1, 0.15) is 129 Å². The molecule has 0 rings (SSSR count). The first-order chi connectivity index (χ1) is 22.6. The molecule has 0 aromatic rings. The summed E-state index contributed by atoms with van der Waals surface area (Å²) in [5, 5.41) is 9.56. The second-order valence-electron chi connectivity index (χ2n) is 13.1. The second-order valence-corrected chi connectivity index (χ2v) is 13.1. The van der Waals surface area contributed by atoms with Crippen LogP contribution >= 0.6 is 0 Å². The summed E-state index contributed by atoms with van der Waals surface area (Å²) >= 11 is 0. The number of carboxylic acid groups (broad SMARTS) is 1. The molecule has 0 saturated heterocycles. The van der Waals surface area contributed by atoms with Crippen molar-refractivity contribution in [1.29, 1.82) is 0 Å². The standard InChI is InChI=1S/C39H67NO7/c1-6-8-10-12-14-16-18-20-22-24-26-28-30-38(42)47-35(33-45-32-31-36(39(43)44)40(3,4)5)34-46-37(41)29-27-25-23-21-19-17-15-13-11-9-7-2/h8,10,13-16,20,22,35-36H,6-7,9,11-12,17-19,21,23-34H2,1-5H3/p+1/b10-8+,15-13+,16-14+,22-20+. The number of unbranched alkanes of at least 4 members (excludes halogenated alkanes) is 9. The number of nitrogens with zero attached hydrogens (tertiary/aromatic N) is 1. The maximum absolute atomic E-state index is 12.6. The minimum absolute atomic E-state index is 0.0416. The van der Waals surface area contributed by atoms with E-state index in [1.165, 1.54) is 25.7 Å². The van der Waals surface area contributed by atoms with Crippen molar-refractivity contribution in [3.63, 3.8) is 0 Å². The zero-order valence-corrected chi connectivity index (χ0v) is 30.5. The van der Waals surface area contributed by atoms with Crippen LogP contribution in [0.3, 0.4) is 0 Å². The van der Waals surface area contributed by atoms with Gasteiger partial charge in [-0.3, -0.25) is 9.59 Å². The fourth-order valence-corrected chi connectivity index (χ4v) is 4.85. The van der Waals surface area contributed by atoms with Gasteiger partial charge < -0.3 is 23.8 Å². The molecule has 0 aromatic carbocycles. The molecule has 0 fully saturated rings. The van der Waals surface area contributed by atoms with Gasteiger partial charge in [-0.25, -0.2) is 4.79 Å². The van der Waals surface area contributed by atoms with Crippen molar-refractivity contribution in [3.8, 4) is 0 Å². The van der Waals surface area contributed by atoms with Crippen LogP contribution < -0.4 is 0 Å². The smallest absolute Gasteiger partial charge is 0.362 e. The summed E-state index contributed by atoms with van der Waals surface area (Å²) in [4.78, 5) is 36.7. The van der Waals surface area contributed by atoms with Crippen LogP contribution in [0.5, 0.6) is 0 Å². The Hall–Kier alpha value is -2.71. The molecule has 8 nitrogen and oxygen atoms in total. The van der Waals surface area contributed by atoms with E-state index in [0.29, 0.717) is 19.3 Å². The number of allylic oxidation sites excluding steroid dienone is 8. The molecule has 0 aliphatic heterocycles. The third-order valence-electron chi connectivity index (χ3n) is 7.71. The molecular weight excluding hydrogens is 594 g/mol. The highest BCUT2D eigenvalue weighted by molar-refractivity contribution is 5.72. The summed E-state index contributed by atoms with van der Waals surface area (Å²) in [6, 6.07) is -0.621. The Balaban J connectivity index is 4.54. The predicted molar refractivity (Wildman–Crippen MR) is 192 cm³/mol. The first kappa shape index (κ1) is 44.3. The Morgan fingerprint density at radius 1 is 0.660 bits per heavy atom. The van der Waals surface area contributed by atoms with Gasteiger partial charge in [-0.2, -0.15) is 0 Å². The SMILES string of the molecule is CC/C=C/C/C=C/C/C=C/CCCCC(=O)OC(COCCC(C(=O)O)[N+](C)(C)C)COC(=O)CCCCCCC/C=C/CCCC. The predicted octanol–water partition coefficient (Wildman–Crippen LogP) is 8.90. The van der Waals surface area contributed by atoms with Crippen molar-refractivity contribution in [2.24, 2.45) is 0 Å². The molecule has 2 unspecified atom stereocenters. The summed E-state index contributed by atoms with van der Waals surface area (Å²) in [6.45, 7) is 4.50. The number of aliphatic carboxylic acids is 1. The fraction of sp³-hybridized carbons (Fsp3) is 0.718. The number of ether oxygens (including phenoxy) is 3. The number of quaternary nitrogens is 1. The van der Waals surface area contributed by atoms with Crippen LogP contribution in [-0.4, -0.2) is 80.6 Å². The molecule has 0 saturated carbocycles. The number of esters is 2. The molecule has 1 N–H and O–H groups in total. The van der Waals surface area contributed by atoms with Crippen molar-refractivity contribution >= 4 is 17.9 Å². The molecule has 0 spiro atoms. The molecular formula is C39H68NO7+. The van der Waals surface area contributed by atoms with Crippen LogP contribution in [0.4, 0.5) is 0 Å². The summed E-state index contributed by atoms with van der Waals surface area (Å²) in [5.74, 6) is -1.54. The zero-order chi connectivity index (χ0) is 35.0. The Bertz CT molecular complexity index is 917. The lowest BCUT2D eigenvalue weighted by molar-refractivity contribution is -0.887. The van der Waals surface area contributed by atoms with Gasteiger partial charge in [-0.15, -0.1) is 0 Å². The molecule has 0 aliphatic rings. The highest BCUT2D eigenvalue weighted by atomic mass is 16.6. The van der Waals surface area contributed by atoms with Gasteiger partial charge >= 0.3 is 17.9 Å². The van der Waals surface area contributed by atoms with Crippen molar-refractivity contribution in [2.45, 2.75) is 142 Å². The molecule has 2 atom stereocenters. The average molecular weight is 663 g/mol. The maximum Gasteiger partial charge on any atom is 0.362 e. The van der Waals surface area contributed by atoms with E-state index < -0.39 is 18.1 Å². The quantitative estimate of drug-likeness (QED) is 0.0343. The van der Waals surface area contributed by atoms with E-state index in [4.69, 9.17) is 14.2 Å². The number of carboxylic acids is 1. The highest BCUT2D eigenvalue weighted by Crippen LogP contribution is 2.12. The summed E-state index contributed by atoms with van der Waals surface area (Å²) < 4.78 is 17.1. The van der Waals surface area contributed by atoms with Gasteiger partial charge in [-0.1, -0.05) is 94.6 Å². The normalized spacial score (nSPS) is 13.6. The van der Waals surface area contributed by atoms with Crippen LogP contribution in [-0.2, 0) is 28.6 Å². The number of carbonyl (C=O) groups excluding carboxylic acids is 2. The van der Waals surface area contributed by atoms with Crippen molar-refractivity contribution in [1.82, 2.24) is 0 Å². The molecule has 47 heavy (non-hydrogen) atoms. The lowest BCUT2D eigenvalue weighted by Gasteiger charge is -2.31. The van der Waals surface area contributed by atoms with E-state index in [0.717, 1.165) is 64.2 Å². The van der Waals surface area contributed by atoms with Gasteiger partial charge in [0.2, 0.25) is 0 Å². The minimum atomic E-state index is -0.886. The summed E-state index contributed by atoms with van der Waals surface area (Å²) in [5.41, 5.74) is 0. The van der Waals surface area contributed by atoms with Crippen LogP contribution in [0, 0.1) is 0 Å². The fourth-order valence-electron chi connectivity index (χ4n) is 4.85. The third-order valence-corrected chi connectivity index (χ3v) is 7.71. The number of likely N-dealkylation sites (N-methyl/N-ethyl adjacent to an activating group) is 1. The van der Waals surface area contributed by atoms with Crippen molar-refractivity contribution in [2.75, 3.05) is 41.0 Å². The molecule has 0 radical (unpaired) electrons. The molecule has 0 amide bonds. The van der Waals surface area contributed by atoms with E-state index in [1.807, 2.05) is 21.1 Å². The lowest BCUT2D eigenvalue weighted by Crippen LogP contribution is -2.50. The summed E-state index contributed by atoms with van der Waals surface area (Å²) in [6.07, 6.45) is 33.0. The number of rotatable bonds is 31. The Morgan fingerprint density at radius 2 is 1.19 bits per heavy atom. The molecule has 0 aliphatic carbocycles. The van der Waals surface area contributed by atoms with E-state index >= 15 is 0 Å². The minimum Gasteiger partial charge on any atom is -0.477 e. The monoisotopic (exact) mass is 662 g/mol. The largest absolute Gasteiger partial charge is 0.477 e. The first-order valence-corrected chi connectivity index (χ1v) is 18.2. The van der Waals surface area contributed by atoms with Gasteiger partial charge in [0.25, 0.3) is 0 Å². The van der Waals surface area contributed by atoms with Crippen molar-refractivity contribution < 1.29 is 38.2 Å². The van der Waals surface area contributed by atoms with Gasteiger partial charge in [-0.05, 0) is 64.2 Å². The van der Waals surface area contributed by atoms with Crippen LogP contribution in [0.25, 0.3) is 0 Å². The van der Waals surface area contributed by atoms with Gasteiger partial charge in [0.15, 0.2) is 12.1 Å². The van der Waals surface area contributed by atoms with Crippen LogP contribution in [0.15, 0.2) is 48.6 Å².